The molecule has 2 rings (SSSR count). The zero-order valence-corrected chi connectivity index (χ0v) is 17.1. The summed E-state index contributed by atoms with van der Waals surface area (Å²) in [6.07, 6.45) is 8.62. The second-order valence-corrected chi connectivity index (χ2v) is 5.67. The predicted octanol–water partition coefficient (Wildman–Crippen LogP) is 2.59. The van der Waals surface area contributed by atoms with Crippen LogP contribution in [0.4, 0.5) is 0 Å². The lowest BCUT2D eigenvalue weighted by molar-refractivity contribution is 0.117. The van der Waals surface area contributed by atoms with Crippen molar-refractivity contribution < 1.29 is 9.47 Å². The molecule has 138 valence electrons. The van der Waals surface area contributed by atoms with Crippen LogP contribution < -0.4 is 15.4 Å². The number of ether oxygens (including phenoxy) is 2. The monoisotopic (exact) mass is 457 g/mol. The molecule has 0 saturated carbocycles. The van der Waals surface area contributed by atoms with E-state index >= 15 is 0 Å². The van der Waals surface area contributed by atoms with Crippen LogP contribution in [0.15, 0.2) is 29.3 Å². The zero-order chi connectivity index (χ0) is 17.0. The van der Waals surface area contributed by atoms with Gasteiger partial charge in [0.1, 0.15) is 12.4 Å². The maximum Gasteiger partial charge on any atom is 0.191 e. The Morgan fingerprint density at radius 3 is 2.80 bits per heavy atom. The largest absolute Gasteiger partial charge is 0.481 e. The number of rotatable bonds is 8. The molecule has 1 aromatic rings. The highest BCUT2D eigenvalue weighted by Crippen LogP contribution is 2.13. The van der Waals surface area contributed by atoms with Gasteiger partial charge in [-0.2, -0.15) is 0 Å². The van der Waals surface area contributed by atoms with Crippen molar-refractivity contribution in [3.05, 3.63) is 29.8 Å². The van der Waals surface area contributed by atoms with E-state index in [1.54, 1.807) is 0 Å². The molecular formula is C19H28IN3O2. The van der Waals surface area contributed by atoms with Crippen molar-refractivity contribution in [1.82, 2.24) is 10.6 Å². The molecule has 0 radical (unpaired) electrons. The quantitative estimate of drug-likeness (QED) is 0.273. The highest BCUT2D eigenvalue weighted by Gasteiger charge is 2.14. The van der Waals surface area contributed by atoms with Gasteiger partial charge in [-0.25, -0.2) is 0 Å². The minimum atomic E-state index is 0. The van der Waals surface area contributed by atoms with Gasteiger partial charge in [-0.15, -0.1) is 30.4 Å². The first kappa shape index (κ1) is 21.6. The lowest BCUT2D eigenvalue weighted by Gasteiger charge is -2.13. The van der Waals surface area contributed by atoms with E-state index in [0.29, 0.717) is 6.61 Å². The molecule has 0 aliphatic carbocycles. The molecule has 1 aliphatic heterocycles. The molecule has 1 unspecified atom stereocenters. The van der Waals surface area contributed by atoms with E-state index in [4.69, 9.17) is 15.9 Å². The maximum atomic E-state index is 5.61. The van der Waals surface area contributed by atoms with Gasteiger partial charge >= 0.3 is 0 Å². The van der Waals surface area contributed by atoms with E-state index < -0.39 is 0 Å². The summed E-state index contributed by atoms with van der Waals surface area (Å²) in [4.78, 5) is 4.61. The SMILES string of the molecule is C#CCOc1ccc(CCNC(=NCC2CCCO2)NCC)cc1.I. The first-order chi connectivity index (χ1) is 11.8. The molecule has 6 heteroatoms. The zero-order valence-electron chi connectivity index (χ0n) is 14.8. The van der Waals surface area contributed by atoms with Gasteiger partial charge in [0.2, 0.25) is 0 Å². The summed E-state index contributed by atoms with van der Waals surface area (Å²) in [7, 11) is 0. The highest BCUT2D eigenvalue weighted by molar-refractivity contribution is 14.0. The Balaban J connectivity index is 0.00000312. The Labute approximate surface area is 168 Å². The minimum absolute atomic E-state index is 0. The fourth-order valence-electron chi connectivity index (χ4n) is 2.53. The number of hydrogen-bond acceptors (Lipinski definition) is 3. The number of benzene rings is 1. The number of nitrogens with zero attached hydrogens (tertiary/aromatic N) is 1. The van der Waals surface area contributed by atoms with Crippen LogP contribution in [0.2, 0.25) is 0 Å². The van der Waals surface area contributed by atoms with Gasteiger partial charge in [0, 0.05) is 19.7 Å². The third-order valence-electron chi connectivity index (χ3n) is 3.77. The third kappa shape index (κ3) is 8.45. The van der Waals surface area contributed by atoms with Crippen LogP contribution in [-0.4, -0.2) is 44.9 Å². The summed E-state index contributed by atoms with van der Waals surface area (Å²) in [5.41, 5.74) is 1.24. The first-order valence-corrected chi connectivity index (χ1v) is 8.60. The van der Waals surface area contributed by atoms with E-state index in [1.165, 1.54) is 5.56 Å². The molecule has 1 fully saturated rings. The van der Waals surface area contributed by atoms with Gasteiger partial charge in [-0.1, -0.05) is 18.1 Å². The Morgan fingerprint density at radius 2 is 2.16 bits per heavy atom. The lowest BCUT2D eigenvalue weighted by Crippen LogP contribution is -2.38. The average molecular weight is 457 g/mol. The summed E-state index contributed by atoms with van der Waals surface area (Å²) < 4.78 is 11.0. The molecule has 1 heterocycles. The van der Waals surface area contributed by atoms with Crippen molar-refractivity contribution in [2.45, 2.75) is 32.3 Å². The molecule has 0 amide bonds. The van der Waals surface area contributed by atoms with E-state index in [1.807, 2.05) is 12.1 Å². The molecule has 1 aromatic carbocycles. The van der Waals surface area contributed by atoms with Crippen molar-refractivity contribution in [3.8, 4) is 18.1 Å². The van der Waals surface area contributed by atoms with Crippen LogP contribution in [0.3, 0.4) is 0 Å². The summed E-state index contributed by atoms with van der Waals surface area (Å²) in [6, 6.07) is 8.01. The van der Waals surface area contributed by atoms with Crippen molar-refractivity contribution in [2.75, 3.05) is 32.8 Å². The average Bonchev–Trinajstić information content (AvgIpc) is 3.12. The molecule has 1 atom stereocenters. The van der Waals surface area contributed by atoms with Crippen molar-refractivity contribution in [1.29, 1.82) is 0 Å². The second-order valence-electron chi connectivity index (χ2n) is 5.67. The van der Waals surface area contributed by atoms with E-state index in [0.717, 1.165) is 57.2 Å². The topological polar surface area (TPSA) is 54.9 Å². The highest BCUT2D eigenvalue weighted by atomic mass is 127. The van der Waals surface area contributed by atoms with Crippen molar-refractivity contribution >= 4 is 29.9 Å². The minimum Gasteiger partial charge on any atom is -0.481 e. The standard InChI is InChI=1S/C19H27N3O2.HI/c1-3-13-23-17-9-7-16(8-10-17)11-12-21-19(20-4-2)22-15-18-6-5-14-24-18;/h1,7-10,18H,4-6,11-15H2,2H3,(H2,20,21,22);1H. The molecule has 2 N–H and O–H groups in total. The van der Waals surface area contributed by atoms with Gasteiger partial charge in [0.15, 0.2) is 5.96 Å². The Kier molecular flexibility index (Phi) is 11.1. The summed E-state index contributed by atoms with van der Waals surface area (Å²) in [5.74, 6) is 4.11. The Hall–Kier alpha value is -1.46. The smallest absolute Gasteiger partial charge is 0.191 e. The second kappa shape index (κ2) is 12.8. The fraction of sp³-hybridized carbons (Fsp3) is 0.526. The first-order valence-electron chi connectivity index (χ1n) is 8.60. The molecule has 0 bridgehead atoms. The summed E-state index contributed by atoms with van der Waals surface area (Å²) in [5, 5.41) is 6.64. The van der Waals surface area contributed by atoms with E-state index in [2.05, 4.69) is 40.6 Å². The van der Waals surface area contributed by atoms with E-state index in [9.17, 15) is 0 Å². The molecule has 25 heavy (non-hydrogen) atoms. The number of nitrogens with one attached hydrogen (secondary N) is 2. The molecule has 1 saturated heterocycles. The molecule has 1 aliphatic rings. The Morgan fingerprint density at radius 1 is 1.36 bits per heavy atom. The van der Waals surface area contributed by atoms with Gasteiger partial charge < -0.3 is 20.1 Å². The molecule has 5 nitrogen and oxygen atoms in total. The van der Waals surface area contributed by atoms with Crippen LogP contribution in [0.25, 0.3) is 0 Å². The van der Waals surface area contributed by atoms with Crippen molar-refractivity contribution in [3.63, 3.8) is 0 Å². The van der Waals surface area contributed by atoms with Gasteiger partial charge in [0.05, 0.1) is 12.6 Å². The van der Waals surface area contributed by atoms with E-state index in [-0.39, 0.29) is 30.1 Å². The lowest BCUT2D eigenvalue weighted by atomic mass is 10.1. The number of aliphatic imine (C=N–C) groups is 1. The molecular weight excluding hydrogens is 429 g/mol. The summed E-state index contributed by atoms with van der Waals surface area (Å²) >= 11 is 0. The maximum absolute atomic E-state index is 5.61. The predicted molar refractivity (Wildman–Crippen MR) is 113 cm³/mol. The van der Waals surface area contributed by atoms with Crippen LogP contribution in [0.5, 0.6) is 5.75 Å². The fourth-order valence-corrected chi connectivity index (χ4v) is 2.53. The third-order valence-corrected chi connectivity index (χ3v) is 3.77. The van der Waals surface area contributed by atoms with Crippen LogP contribution in [0.1, 0.15) is 25.3 Å². The number of hydrogen-bond donors (Lipinski definition) is 2. The number of guanidine groups is 1. The van der Waals surface area contributed by atoms with Gasteiger partial charge in [-0.05, 0) is 43.9 Å². The molecule has 0 spiro atoms. The van der Waals surface area contributed by atoms with Crippen LogP contribution >= 0.6 is 24.0 Å². The van der Waals surface area contributed by atoms with Crippen molar-refractivity contribution in [2.24, 2.45) is 4.99 Å². The normalized spacial score (nSPS) is 16.6. The summed E-state index contributed by atoms with van der Waals surface area (Å²) in [6.45, 7) is 5.62. The van der Waals surface area contributed by atoms with Gasteiger partial charge in [-0.3, -0.25) is 4.99 Å². The number of terminal acetylenes is 1. The van der Waals surface area contributed by atoms with Crippen LogP contribution in [-0.2, 0) is 11.2 Å². The number of halogens is 1. The molecule has 0 aromatic heterocycles. The van der Waals surface area contributed by atoms with Gasteiger partial charge in [0.25, 0.3) is 0 Å². The van der Waals surface area contributed by atoms with Crippen LogP contribution in [0, 0.1) is 12.3 Å². The Bertz CT molecular complexity index is 549.